The Morgan fingerprint density at radius 3 is 1.56 bits per heavy atom. The molecule has 0 saturated heterocycles. The molecule has 1 unspecified atom stereocenters. The second-order valence-corrected chi connectivity index (χ2v) is 11.3. The third-order valence-electron chi connectivity index (χ3n) is 9.02. The number of allylic oxidation sites excluding steroid dienone is 4. The van der Waals surface area contributed by atoms with E-state index in [1.165, 1.54) is 71.7 Å². The van der Waals surface area contributed by atoms with Crippen molar-refractivity contribution in [2.45, 2.75) is 5.92 Å². The van der Waals surface area contributed by atoms with Gasteiger partial charge in [0.25, 0.3) is 0 Å². The van der Waals surface area contributed by atoms with Crippen LogP contribution in [0.1, 0.15) is 17.0 Å². The lowest BCUT2D eigenvalue weighted by atomic mass is 9.87. The van der Waals surface area contributed by atoms with Crippen molar-refractivity contribution < 1.29 is 0 Å². The fourth-order valence-electron chi connectivity index (χ4n) is 7.23. The lowest BCUT2D eigenvalue weighted by Gasteiger charge is -2.23. The van der Waals surface area contributed by atoms with Crippen LogP contribution in [0, 0.1) is 0 Å². The van der Waals surface area contributed by atoms with Crippen LogP contribution in [0.3, 0.4) is 0 Å². The Morgan fingerprint density at radius 1 is 0.395 bits per heavy atom. The van der Waals surface area contributed by atoms with Gasteiger partial charge in [0.15, 0.2) is 0 Å². The Bertz CT molecular complexity index is 2370. The first kappa shape index (κ1) is 24.0. The Hall–Kier alpha value is -5.60. The molecule has 0 N–H and O–H groups in total. The monoisotopic (exact) mass is 548 g/mol. The Labute approximate surface area is 250 Å². The Morgan fingerprint density at radius 2 is 0.907 bits per heavy atom. The smallest absolute Gasteiger partial charge is 0.0788 e. The van der Waals surface area contributed by atoms with Gasteiger partial charge in [0, 0.05) is 32.9 Å². The second-order valence-electron chi connectivity index (χ2n) is 11.3. The highest BCUT2D eigenvalue weighted by molar-refractivity contribution is 6.24. The molecule has 1 aliphatic carbocycles. The van der Waals surface area contributed by atoms with Crippen molar-refractivity contribution >= 4 is 54.9 Å². The van der Waals surface area contributed by atoms with Gasteiger partial charge in [-0.05, 0) is 47.0 Å². The van der Waals surface area contributed by atoms with E-state index in [0.29, 0.717) is 0 Å². The summed E-state index contributed by atoms with van der Waals surface area (Å²) in [6.07, 6.45) is 4.68. The SMILES string of the molecule is C1=C(c2ccccc2)C(c2ccccc2)C(n2c3ccccc3c3ccc4c5ccccc5n(-c5ccccc5)c4c32)=C1. The van der Waals surface area contributed by atoms with Crippen molar-refractivity contribution in [2.24, 2.45) is 0 Å². The van der Waals surface area contributed by atoms with Crippen molar-refractivity contribution in [3.63, 3.8) is 0 Å². The van der Waals surface area contributed by atoms with Crippen molar-refractivity contribution in [1.82, 2.24) is 9.13 Å². The number of hydrogen-bond donors (Lipinski definition) is 0. The van der Waals surface area contributed by atoms with Gasteiger partial charge in [-0.3, -0.25) is 0 Å². The maximum Gasteiger partial charge on any atom is 0.0788 e. The molecule has 6 aromatic carbocycles. The summed E-state index contributed by atoms with van der Waals surface area (Å²) in [5.74, 6) is 0.0902. The van der Waals surface area contributed by atoms with E-state index in [9.17, 15) is 0 Å². The van der Waals surface area contributed by atoms with Crippen LogP contribution in [-0.4, -0.2) is 9.13 Å². The molecule has 0 radical (unpaired) electrons. The lowest BCUT2D eigenvalue weighted by Crippen LogP contribution is -2.08. The largest absolute Gasteiger partial charge is 0.310 e. The van der Waals surface area contributed by atoms with E-state index in [2.05, 4.69) is 173 Å². The maximum atomic E-state index is 2.55. The topological polar surface area (TPSA) is 9.86 Å². The number of nitrogens with zero attached hydrogens (tertiary/aromatic N) is 2. The molecular weight excluding hydrogens is 520 g/mol. The first-order valence-electron chi connectivity index (χ1n) is 14.9. The molecule has 1 aliphatic rings. The van der Waals surface area contributed by atoms with Gasteiger partial charge in [-0.2, -0.15) is 0 Å². The van der Waals surface area contributed by atoms with Gasteiger partial charge in [-0.1, -0.05) is 133 Å². The minimum atomic E-state index is 0.0902. The molecule has 43 heavy (non-hydrogen) atoms. The average Bonchev–Trinajstić information content (AvgIpc) is 3.76. The molecule has 9 rings (SSSR count). The number of fused-ring (bicyclic) bond motifs is 7. The summed E-state index contributed by atoms with van der Waals surface area (Å²) in [6, 6.07) is 54.9. The van der Waals surface area contributed by atoms with Crippen LogP contribution in [0.2, 0.25) is 0 Å². The fourth-order valence-corrected chi connectivity index (χ4v) is 7.23. The highest BCUT2D eigenvalue weighted by Crippen LogP contribution is 2.49. The van der Waals surface area contributed by atoms with Crippen LogP contribution < -0.4 is 0 Å². The highest BCUT2D eigenvalue weighted by Gasteiger charge is 2.30. The summed E-state index contributed by atoms with van der Waals surface area (Å²) in [5.41, 5.74) is 11.2. The van der Waals surface area contributed by atoms with Crippen LogP contribution in [0.25, 0.3) is 60.6 Å². The van der Waals surface area contributed by atoms with E-state index < -0.39 is 0 Å². The minimum absolute atomic E-state index is 0.0902. The van der Waals surface area contributed by atoms with E-state index in [1.54, 1.807) is 0 Å². The van der Waals surface area contributed by atoms with E-state index >= 15 is 0 Å². The molecule has 202 valence electrons. The van der Waals surface area contributed by atoms with Crippen molar-refractivity contribution in [3.05, 3.63) is 175 Å². The molecule has 2 nitrogen and oxygen atoms in total. The van der Waals surface area contributed by atoms with Gasteiger partial charge in [-0.15, -0.1) is 0 Å². The summed E-state index contributed by atoms with van der Waals surface area (Å²) in [7, 11) is 0. The molecule has 0 fully saturated rings. The van der Waals surface area contributed by atoms with Gasteiger partial charge < -0.3 is 9.13 Å². The fraction of sp³-hybridized carbons (Fsp3) is 0.0244. The molecule has 0 amide bonds. The van der Waals surface area contributed by atoms with Gasteiger partial charge in [0.05, 0.1) is 28.0 Å². The predicted octanol–water partition coefficient (Wildman–Crippen LogP) is 10.6. The Balaban J connectivity index is 1.43. The molecule has 2 aromatic heterocycles. The molecule has 0 aliphatic heterocycles. The molecule has 0 bridgehead atoms. The third-order valence-corrected chi connectivity index (χ3v) is 9.02. The molecule has 0 spiro atoms. The predicted molar refractivity (Wildman–Crippen MR) is 182 cm³/mol. The standard InChI is InChI=1S/C41H28N2/c1-4-14-28(15-5-1)31-26-27-38(39(31)29-16-6-2-7-17-29)43-37-23-13-11-21-33(37)35-25-24-34-32-20-10-12-22-36(32)42(40(34)41(35)43)30-18-8-3-9-19-30/h1-27,39H. The average molecular weight is 549 g/mol. The van der Waals surface area contributed by atoms with Gasteiger partial charge in [-0.25, -0.2) is 0 Å². The molecule has 2 heteroatoms. The van der Waals surface area contributed by atoms with E-state index in [-0.39, 0.29) is 5.92 Å². The van der Waals surface area contributed by atoms with Crippen LogP contribution in [-0.2, 0) is 0 Å². The molecule has 1 atom stereocenters. The van der Waals surface area contributed by atoms with Gasteiger partial charge in [0.2, 0.25) is 0 Å². The van der Waals surface area contributed by atoms with E-state index in [0.717, 1.165) is 0 Å². The first-order valence-corrected chi connectivity index (χ1v) is 14.9. The summed E-state index contributed by atoms with van der Waals surface area (Å²) in [4.78, 5) is 0. The zero-order chi connectivity index (χ0) is 28.3. The maximum absolute atomic E-state index is 2.55. The lowest BCUT2D eigenvalue weighted by molar-refractivity contribution is 1.03. The minimum Gasteiger partial charge on any atom is -0.310 e. The summed E-state index contributed by atoms with van der Waals surface area (Å²) in [5, 5.41) is 5.07. The number of benzene rings is 6. The number of aromatic nitrogens is 2. The number of rotatable bonds is 4. The third kappa shape index (κ3) is 3.53. The Kier molecular flexibility index (Phi) is 5.30. The van der Waals surface area contributed by atoms with Crippen molar-refractivity contribution in [1.29, 1.82) is 0 Å². The van der Waals surface area contributed by atoms with Crippen molar-refractivity contribution in [2.75, 3.05) is 0 Å². The van der Waals surface area contributed by atoms with Crippen molar-refractivity contribution in [3.8, 4) is 5.69 Å². The summed E-state index contributed by atoms with van der Waals surface area (Å²) in [6.45, 7) is 0. The van der Waals surface area contributed by atoms with E-state index in [4.69, 9.17) is 0 Å². The molecule has 0 saturated carbocycles. The zero-order valence-electron chi connectivity index (χ0n) is 23.6. The molecule has 2 heterocycles. The summed E-state index contributed by atoms with van der Waals surface area (Å²) < 4.78 is 5.01. The first-order chi connectivity index (χ1) is 21.4. The highest BCUT2D eigenvalue weighted by atomic mass is 15.1. The normalized spacial score (nSPS) is 15.0. The number of hydrogen-bond acceptors (Lipinski definition) is 0. The number of para-hydroxylation sites is 3. The second kappa shape index (κ2) is 9.47. The summed E-state index contributed by atoms with van der Waals surface area (Å²) >= 11 is 0. The van der Waals surface area contributed by atoms with Crippen LogP contribution >= 0.6 is 0 Å². The quantitative estimate of drug-likeness (QED) is 0.207. The van der Waals surface area contributed by atoms with Gasteiger partial charge in [0.1, 0.15) is 0 Å². The van der Waals surface area contributed by atoms with Crippen LogP contribution in [0.15, 0.2) is 164 Å². The molecule has 8 aromatic rings. The van der Waals surface area contributed by atoms with Crippen LogP contribution in [0.4, 0.5) is 0 Å². The van der Waals surface area contributed by atoms with Gasteiger partial charge >= 0.3 is 0 Å². The molecular formula is C41H28N2. The van der Waals surface area contributed by atoms with Crippen LogP contribution in [0.5, 0.6) is 0 Å². The zero-order valence-corrected chi connectivity index (χ0v) is 23.6. The van der Waals surface area contributed by atoms with E-state index in [1.807, 2.05) is 0 Å².